The molecule has 3 atom stereocenters. The SMILES string of the molecule is CC1CCC(Nc2nnc(Cl)c3ccccc23)CC1C. The maximum Gasteiger partial charge on any atom is 0.159 e. The van der Waals surface area contributed by atoms with Crippen molar-refractivity contribution in [2.24, 2.45) is 11.8 Å². The highest BCUT2D eigenvalue weighted by Crippen LogP contribution is 2.32. The van der Waals surface area contributed by atoms with Crippen LogP contribution >= 0.6 is 11.6 Å². The molecule has 3 rings (SSSR count). The summed E-state index contributed by atoms with van der Waals surface area (Å²) in [5.41, 5.74) is 0. The maximum absolute atomic E-state index is 6.11. The van der Waals surface area contributed by atoms with Crippen molar-refractivity contribution in [1.29, 1.82) is 0 Å². The van der Waals surface area contributed by atoms with Gasteiger partial charge in [-0.3, -0.25) is 0 Å². The van der Waals surface area contributed by atoms with Crippen LogP contribution in [0.1, 0.15) is 33.1 Å². The van der Waals surface area contributed by atoms with E-state index in [0.717, 1.165) is 28.4 Å². The number of benzene rings is 1. The van der Waals surface area contributed by atoms with E-state index in [9.17, 15) is 0 Å². The third-order valence-corrected chi connectivity index (χ3v) is 4.86. The molecule has 1 aliphatic rings. The summed E-state index contributed by atoms with van der Waals surface area (Å²) in [5, 5.41) is 14.4. The van der Waals surface area contributed by atoms with Crippen LogP contribution in [0.5, 0.6) is 0 Å². The van der Waals surface area contributed by atoms with Gasteiger partial charge in [-0.25, -0.2) is 0 Å². The summed E-state index contributed by atoms with van der Waals surface area (Å²) in [6.07, 6.45) is 3.67. The lowest BCUT2D eigenvalue weighted by Gasteiger charge is -2.32. The lowest BCUT2D eigenvalue weighted by molar-refractivity contribution is 0.260. The molecule has 0 spiro atoms. The number of nitrogens with one attached hydrogen (secondary N) is 1. The minimum atomic E-state index is 0.469. The zero-order valence-electron chi connectivity index (χ0n) is 11.9. The Hall–Kier alpha value is -1.35. The van der Waals surface area contributed by atoms with Crippen molar-refractivity contribution in [2.45, 2.75) is 39.2 Å². The maximum atomic E-state index is 6.11. The van der Waals surface area contributed by atoms with Crippen LogP contribution in [0, 0.1) is 11.8 Å². The van der Waals surface area contributed by atoms with Gasteiger partial charge < -0.3 is 5.32 Å². The first-order chi connectivity index (χ1) is 9.65. The largest absolute Gasteiger partial charge is 0.365 e. The van der Waals surface area contributed by atoms with E-state index in [2.05, 4.69) is 29.4 Å². The Labute approximate surface area is 124 Å². The minimum Gasteiger partial charge on any atom is -0.365 e. The highest BCUT2D eigenvalue weighted by Gasteiger charge is 2.25. The number of nitrogens with zero attached hydrogens (tertiary/aromatic N) is 2. The van der Waals surface area contributed by atoms with Gasteiger partial charge in [-0.15, -0.1) is 10.2 Å². The Bertz CT molecular complexity index is 614. The molecular weight excluding hydrogens is 270 g/mol. The number of anilines is 1. The van der Waals surface area contributed by atoms with Crippen LogP contribution < -0.4 is 5.32 Å². The molecule has 4 heteroatoms. The summed E-state index contributed by atoms with van der Waals surface area (Å²) < 4.78 is 0. The molecule has 0 aliphatic heterocycles. The van der Waals surface area contributed by atoms with Gasteiger partial charge in [0.15, 0.2) is 11.0 Å². The molecule has 2 aromatic rings. The second-order valence-electron chi connectivity index (χ2n) is 5.99. The molecule has 0 bridgehead atoms. The highest BCUT2D eigenvalue weighted by atomic mass is 35.5. The van der Waals surface area contributed by atoms with E-state index in [-0.39, 0.29) is 0 Å². The second-order valence-corrected chi connectivity index (χ2v) is 6.35. The van der Waals surface area contributed by atoms with Crippen molar-refractivity contribution in [3.05, 3.63) is 29.4 Å². The van der Waals surface area contributed by atoms with Gasteiger partial charge in [0.1, 0.15) is 0 Å². The number of rotatable bonds is 2. The van der Waals surface area contributed by atoms with Crippen LogP contribution in [0.2, 0.25) is 5.15 Å². The zero-order valence-corrected chi connectivity index (χ0v) is 12.7. The van der Waals surface area contributed by atoms with Crippen LogP contribution in [0.4, 0.5) is 5.82 Å². The van der Waals surface area contributed by atoms with Crippen LogP contribution in [0.25, 0.3) is 10.8 Å². The summed E-state index contributed by atoms with van der Waals surface area (Å²) >= 11 is 6.11. The number of fused-ring (bicyclic) bond motifs is 1. The molecule has 1 N–H and O–H groups in total. The summed E-state index contributed by atoms with van der Waals surface area (Å²) in [5.74, 6) is 2.44. The fourth-order valence-corrected chi connectivity index (χ4v) is 3.25. The Balaban J connectivity index is 1.86. The van der Waals surface area contributed by atoms with Crippen molar-refractivity contribution < 1.29 is 0 Å². The lowest BCUT2D eigenvalue weighted by atomic mass is 9.79. The third kappa shape index (κ3) is 2.59. The molecule has 1 fully saturated rings. The molecule has 1 heterocycles. The fraction of sp³-hybridized carbons (Fsp3) is 0.500. The Morgan fingerprint density at radius 3 is 2.55 bits per heavy atom. The summed E-state index contributed by atoms with van der Waals surface area (Å²) in [4.78, 5) is 0. The van der Waals surface area contributed by atoms with Crippen molar-refractivity contribution in [1.82, 2.24) is 10.2 Å². The van der Waals surface area contributed by atoms with Gasteiger partial charge in [-0.05, 0) is 31.1 Å². The van der Waals surface area contributed by atoms with E-state index in [0.29, 0.717) is 11.2 Å². The first-order valence-corrected chi connectivity index (χ1v) is 7.70. The van der Waals surface area contributed by atoms with Gasteiger partial charge in [-0.2, -0.15) is 0 Å². The van der Waals surface area contributed by atoms with Crippen molar-refractivity contribution in [3.63, 3.8) is 0 Å². The Morgan fingerprint density at radius 2 is 1.80 bits per heavy atom. The normalized spacial score (nSPS) is 26.6. The molecular formula is C16H20ClN3. The van der Waals surface area contributed by atoms with Gasteiger partial charge >= 0.3 is 0 Å². The number of halogens is 1. The van der Waals surface area contributed by atoms with Gasteiger partial charge in [-0.1, -0.05) is 49.7 Å². The van der Waals surface area contributed by atoms with Gasteiger partial charge in [0, 0.05) is 16.8 Å². The van der Waals surface area contributed by atoms with Crippen LogP contribution in [-0.2, 0) is 0 Å². The topological polar surface area (TPSA) is 37.8 Å². The van der Waals surface area contributed by atoms with E-state index < -0.39 is 0 Å². The monoisotopic (exact) mass is 289 g/mol. The summed E-state index contributed by atoms with van der Waals surface area (Å²) in [7, 11) is 0. The Kier molecular flexibility index (Phi) is 3.79. The first kappa shape index (κ1) is 13.6. The molecule has 0 radical (unpaired) electrons. The third-order valence-electron chi connectivity index (χ3n) is 4.58. The van der Waals surface area contributed by atoms with Crippen LogP contribution in [0.15, 0.2) is 24.3 Å². The predicted octanol–water partition coefficient (Wildman–Crippen LogP) is 4.52. The summed E-state index contributed by atoms with van der Waals surface area (Å²) in [6.45, 7) is 4.68. The quantitative estimate of drug-likeness (QED) is 0.883. The van der Waals surface area contributed by atoms with E-state index in [1.54, 1.807) is 0 Å². The predicted molar refractivity (Wildman–Crippen MR) is 84.1 cm³/mol. The molecule has 1 aliphatic carbocycles. The van der Waals surface area contributed by atoms with Gasteiger partial charge in [0.05, 0.1) is 0 Å². The average molecular weight is 290 g/mol. The number of aromatic nitrogens is 2. The van der Waals surface area contributed by atoms with Crippen molar-refractivity contribution in [3.8, 4) is 0 Å². The van der Waals surface area contributed by atoms with Crippen LogP contribution in [-0.4, -0.2) is 16.2 Å². The van der Waals surface area contributed by atoms with Gasteiger partial charge in [0.2, 0.25) is 0 Å². The van der Waals surface area contributed by atoms with Crippen molar-refractivity contribution in [2.75, 3.05) is 5.32 Å². The fourth-order valence-electron chi connectivity index (χ4n) is 3.05. The second kappa shape index (κ2) is 5.57. The molecule has 1 aromatic heterocycles. The Morgan fingerprint density at radius 1 is 1.05 bits per heavy atom. The molecule has 1 aromatic carbocycles. The van der Waals surface area contributed by atoms with Gasteiger partial charge in [0.25, 0.3) is 0 Å². The molecule has 3 nitrogen and oxygen atoms in total. The molecule has 3 unspecified atom stereocenters. The van der Waals surface area contributed by atoms with Crippen LogP contribution in [0.3, 0.4) is 0 Å². The minimum absolute atomic E-state index is 0.469. The highest BCUT2D eigenvalue weighted by molar-refractivity contribution is 6.34. The standard InChI is InChI=1S/C16H20ClN3/c1-10-7-8-12(9-11(10)2)18-16-14-6-4-3-5-13(14)15(17)19-20-16/h3-6,10-12H,7-9H2,1-2H3,(H,18,20). The molecule has 106 valence electrons. The molecule has 0 saturated heterocycles. The van der Waals surface area contributed by atoms with E-state index in [4.69, 9.17) is 11.6 Å². The average Bonchev–Trinajstić information content (AvgIpc) is 2.46. The molecule has 20 heavy (non-hydrogen) atoms. The van der Waals surface area contributed by atoms with Crippen molar-refractivity contribution >= 4 is 28.2 Å². The number of hydrogen-bond acceptors (Lipinski definition) is 3. The van der Waals surface area contributed by atoms with E-state index in [1.165, 1.54) is 19.3 Å². The summed E-state index contributed by atoms with van der Waals surface area (Å²) in [6, 6.07) is 8.51. The first-order valence-electron chi connectivity index (χ1n) is 7.32. The lowest BCUT2D eigenvalue weighted by Crippen LogP contribution is -2.30. The molecule has 1 saturated carbocycles. The smallest absolute Gasteiger partial charge is 0.159 e. The van der Waals surface area contributed by atoms with E-state index >= 15 is 0 Å². The zero-order chi connectivity index (χ0) is 14.1. The van der Waals surface area contributed by atoms with E-state index in [1.807, 2.05) is 24.3 Å². The molecule has 0 amide bonds. The number of hydrogen-bond donors (Lipinski definition) is 1.